The molecule has 4 heteroatoms. The molecule has 0 spiro atoms. The first kappa shape index (κ1) is 38.7. The molecule has 0 saturated heterocycles. The van der Waals surface area contributed by atoms with Crippen molar-refractivity contribution in [3.8, 4) is 78.5 Å². The number of hydrogen-bond donors (Lipinski definition) is 0. The van der Waals surface area contributed by atoms with E-state index >= 15 is 0 Å². The summed E-state index contributed by atoms with van der Waals surface area (Å²) in [6, 6.07) is 88.3. The molecule has 70 heavy (non-hydrogen) atoms. The lowest BCUT2D eigenvalue weighted by molar-refractivity contribution is 1.18. The quantitative estimate of drug-likeness (QED) is 0.167. The number of benzene rings is 11. The Morgan fingerprint density at radius 3 is 1.49 bits per heavy atom. The lowest BCUT2D eigenvalue weighted by atomic mass is 9.97. The smallest absolute Gasteiger partial charge is 0.160 e. The molecule has 0 aliphatic heterocycles. The summed E-state index contributed by atoms with van der Waals surface area (Å²) in [5, 5.41) is 8.38. The van der Waals surface area contributed by atoms with Crippen LogP contribution in [0.25, 0.3) is 144 Å². The summed E-state index contributed by atoms with van der Waals surface area (Å²) >= 11 is 0. The van der Waals surface area contributed by atoms with Crippen LogP contribution in [0.3, 0.4) is 0 Å². The van der Waals surface area contributed by atoms with Gasteiger partial charge < -0.3 is 9.13 Å². The highest BCUT2D eigenvalue weighted by Gasteiger charge is 2.24. The summed E-state index contributed by atoms with van der Waals surface area (Å²) in [6.07, 6.45) is 0. The zero-order valence-electron chi connectivity index (χ0n) is 37.9. The first-order valence-corrected chi connectivity index (χ1v) is 24.0. The Bertz CT molecular complexity index is 4460. The van der Waals surface area contributed by atoms with Crippen molar-refractivity contribution in [1.29, 1.82) is 0 Å². The third-order valence-corrected chi connectivity index (χ3v) is 14.6. The topological polar surface area (TPSA) is 35.6 Å². The first-order chi connectivity index (χ1) is 34.7. The number of fused-ring (bicyclic) bond motifs is 10. The highest BCUT2D eigenvalue weighted by Crippen LogP contribution is 2.47. The summed E-state index contributed by atoms with van der Waals surface area (Å²) in [4.78, 5) is 10.3. The van der Waals surface area contributed by atoms with E-state index < -0.39 is 0 Å². The van der Waals surface area contributed by atoms with E-state index in [1.807, 2.05) is 0 Å². The van der Waals surface area contributed by atoms with Crippen LogP contribution in [0.15, 0.2) is 243 Å². The fraction of sp³-hybridized carbons (Fsp3) is 0. The standard InChI is InChI=1S/C66H40N4/c1-3-13-41(14-4-1)42-15-11-18-51(37-42)70-62-33-29-46(44-25-26-45-36-49(28-27-43(45)35-44)66-67-59-23-12-22-54-52-19-7-8-21-55(52)65(68-66)64(54)59)39-57(62)58-40-48(31-34-63(58)70)47-30-32-61-56(38-47)53-20-9-10-24-60(53)69(61)50-16-5-2-6-17-50/h1-40H. The fourth-order valence-corrected chi connectivity index (χ4v) is 11.3. The lowest BCUT2D eigenvalue weighted by Crippen LogP contribution is -1.94. The van der Waals surface area contributed by atoms with Gasteiger partial charge in [0.2, 0.25) is 0 Å². The molecular formula is C66H40N4. The average Bonchev–Trinajstić information content (AvgIpc) is 4.06. The first-order valence-electron chi connectivity index (χ1n) is 24.0. The van der Waals surface area contributed by atoms with Crippen molar-refractivity contribution in [2.75, 3.05) is 0 Å². The van der Waals surface area contributed by atoms with Crippen molar-refractivity contribution in [3.63, 3.8) is 0 Å². The second kappa shape index (κ2) is 15.1. The molecule has 4 nitrogen and oxygen atoms in total. The van der Waals surface area contributed by atoms with Crippen LogP contribution >= 0.6 is 0 Å². The molecule has 324 valence electrons. The van der Waals surface area contributed by atoms with Crippen molar-refractivity contribution in [3.05, 3.63) is 243 Å². The highest BCUT2D eigenvalue weighted by molar-refractivity contribution is 6.15. The number of hydrogen-bond acceptors (Lipinski definition) is 2. The van der Waals surface area contributed by atoms with Gasteiger partial charge in [-0.1, -0.05) is 158 Å². The van der Waals surface area contributed by atoms with Gasteiger partial charge in [0.1, 0.15) is 0 Å². The normalized spacial score (nSPS) is 12.0. The predicted molar refractivity (Wildman–Crippen MR) is 292 cm³/mol. The van der Waals surface area contributed by atoms with E-state index in [1.54, 1.807) is 0 Å². The van der Waals surface area contributed by atoms with Gasteiger partial charge >= 0.3 is 0 Å². The second-order valence-corrected chi connectivity index (χ2v) is 18.6. The summed E-state index contributed by atoms with van der Waals surface area (Å²) < 4.78 is 4.81. The summed E-state index contributed by atoms with van der Waals surface area (Å²) in [5.41, 5.74) is 20.7. The zero-order chi connectivity index (χ0) is 45.9. The molecule has 0 radical (unpaired) electrons. The van der Waals surface area contributed by atoms with Crippen LogP contribution in [0, 0.1) is 0 Å². The number of nitrogens with zero attached hydrogens (tertiary/aromatic N) is 4. The third kappa shape index (κ3) is 5.90. The van der Waals surface area contributed by atoms with Crippen LogP contribution in [0.2, 0.25) is 0 Å². The van der Waals surface area contributed by atoms with Gasteiger partial charge in [-0.15, -0.1) is 0 Å². The minimum Gasteiger partial charge on any atom is -0.309 e. The second-order valence-electron chi connectivity index (χ2n) is 18.6. The monoisotopic (exact) mass is 888 g/mol. The highest BCUT2D eigenvalue weighted by atomic mass is 15.0. The Kier molecular flexibility index (Phi) is 8.33. The molecule has 3 heterocycles. The van der Waals surface area contributed by atoms with Crippen LogP contribution in [0.4, 0.5) is 0 Å². The average molecular weight is 889 g/mol. The van der Waals surface area contributed by atoms with E-state index in [1.165, 1.54) is 99.1 Å². The summed E-state index contributed by atoms with van der Waals surface area (Å²) in [5.74, 6) is 0.747. The van der Waals surface area contributed by atoms with Crippen LogP contribution in [-0.4, -0.2) is 19.1 Å². The predicted octanol–water partition coefficient (Wildman–Crippen LogP) is 17.3. The van der Waals surface area contributed by atoms with Crippen molar-refractivity contribution in [2.24, 2.45) is 0 Å². The lowest BCUT2D eigenvalue weighted by Gasteiger charge is -2.11. The number of rotatable bonds is 6. The third-order valence-electron chi connectivity index (χ3n) is 14.6. The number of para-hydroxylation sites is 2. The maximum absolute atomic E-state index is 5.20. The SMILES string of the molecule is c1ccc(-c2cccc(-n3c4ccc(-c5ccc6cc(-c7nc8c9c(cccc9n7)-c7ccccc7-8)ccc6c5)cc4c4cc(-c5ccc6c(c5)c5ccccc5n6-c5ccccc5)ccc43)c2)cc1. The molecule has 0 N–H and O–H groups in total. The molecule has 0 amide bonds. The molecule has 11 aromatic carbocycles. The molecule has 1 aliphatic carbocycles. The largest absolute Gasteiger partial charge is 0.309 e. The Labute approximate surface area is 403 Å². The Hall–Kier alpha value is -9.38. The minimum absolute atomic E-state index is 0.747. The van der Waals surface area contributed by atoms with E-state index in [9.17, 15) is 0 Å². The van der Waals surface area contributed by atoms with Crippen LogP contribution < -0.4 is 0 Å². The molecule has 14 aromatic rings. The van der Waals surface area contributed by atoms with E-state index in [0.717, 1.165) is 44.7 Å². The van der Waals surface area contributed by atoms with E-state index in [0.29, 0.717) is 0 Å². The van der Waals surface area contributed by atoms with Crippen molar-refractivity contribution in [2.45, 2.75) is 0 Å². The van der Waals surface area contributed by atoms with Crippen molar-refractivity contribution < 1.29 is 0 Å². The Balaban J connectivity index is 0.864. The molecule has 0 unspecified atom stereocenters. The van der Waals surface area contributed by atoms with Crippen LogP contribution in [0.5, 0.6) is 0 Å². The molecule has 15 rings (SSSR count). The van der Waals surface area contributed by atoms with Crippen LogP contribution in [0.1, 0.15) is 0 Å². The van der Waals surface area contributed by atoms with Crippen molar-refractivity contribution in [1.82, 2.24) is 19.1 Å². The summed E-state index contributed by atoms with van der Waals surface area (Å²) in [6.45, 7) is 0. The van der Waals surface area contributed by atoms with Gasteiger partial charge in [0, 0.05) is 49.4 Å². The minimum atomic E-state index is 0.747. The fourth-order valence-electron chi connectivity index (χ4n) is 11.3. The zero-order valence-corrected chi connectivity index (χ0v) is 37.9. The van der Waals surface area contributed by atoms with E-state index in [-0.39, 0.29) is 0 Å². The number of aromatic nitrogens is 4. The maximum Gasteiger partial charge on any atom is 0.160 e. The Morgan fingerprint density at radius 2 is 0.757 bits per heavy atom. The van der Waals surface area contributed by atoms with E-state index in [4.69, 9.17) is 9.97 Å². The van der Waals surface area contributed by atoms with E-state index in [2.05, 4.69) is 252 Å². The van der Waals surface area contributed by atoms with Gasteiger partial charge in [-0.25, -0.2) is 9.97 Å². The van der Waals surface area contributed by atoms with Gasteiger partial charge in [0.05, 0.1) is 33.3 Å². The van der Waals surface area contributed by atoms with Crippen molar-refractivity contribution >= 4 is 65.3 Å². The van der Waals surface area contributed by atoms with Gasteiger partial charge in [0.25, 0.3) is 0 Å². The molecular weight excluding hydrogens is 849 g/mol. The molecule has 0 atom stereocenters. The van der Waals surface area contributed by atoms with Crippen LogP contribution in [-0.2, 0) is 0 Å². The van der Waals surface area contributed by atoms with Gasteiger partial charge in [-0.3, -0.25) is 0 Å². The summed E-state index contributed by atoms with van der Waals surface area (Å²) in [7, 11) is 0. The Morgan fingerprint density at radius 1 is 0.271 bits per heavy atom. The van der Waals surface area contributed by atoms with Gasteiger partial charge in [-0.2, -0.15) is 0 Å². The molecule has 0 bridgehead atoms. The molecule has 1 aliphatic rings. The molecule has 0 saturated carbocycles. The maximum atomic E-state index is 5.20. The molecule has 0 fully saturated rings. The molecule has 3 aromatic heterocycles. The van der Waals surface area contributed by atoms with Gasteiger partial charge in [0.15, 0.2) is 5.82 Å². The van der Waals surface area contributed by atoms with Gasteiger partial charge in [-0.05, 0) is 140 Å².